The monoisotopic (exact) mass is 247 g/mol. The molecule has 16 heavy (non-hydrogen) atoms. The molecule has 2 rings (SSSR count). The van der Waals surface area contributed by atoms with Gasteiger partial charge >= 0.3 is 6.18 Å². The van der Waals surface area contributed by atoms with E-state index in [4.69, 9.17) is 16.0 Å². The van der Waals surface area contributed by atoms with Crippen LogP contribution >= 0.6 is 11.6 Å². The second-order valence-corrected chi connectivity index (χ2v) is 3.44. The number of nitrogens with zero attached hydrogens (tertiary/aromatic N) is 1. The number of hydrogen-bond donors (Lipinski definition) is 0. The van der Waals surface area contributed by atoms with E-state index in [0.29, 0.717) is 5.76 Å². The number of furan rings is 1. The molecule has 0 fully saturated rings. The van der Waals surface area contributed by atoms with E-state index in [-0.39, 0.29) is 10.7 Å². The third-order valence-electron chi connectivity index (χ3n) is 1.92. The molecule has 0 aliphatic rings. The van der Waals surface area contributed by atoms with Crippen molar-refractivity contribution in [2.75, 3.05) is 0 Å². The summed E-state index contributed by atoms with van der Waals surface area (Å²) >= 11 is 5.70. The van der Waals surface area contributed by atoms with E-state index in [9.17, 15) is 13.2 Å². The molecule has 0 spiro atoms. The Balaban J connectivity index is 2.46. The molecule has 2 heterocycles. The summed E-state index contributed by atoms with van der Waals surface area (Å²) < 4.78 is 42.0. The van der Waals surface area contributed by atoms with Crippen molar-refractivity contribution in [3.8, 4) is 11.5 Å². The van der Waals surface area contributed by atoms with Crippen molar-refractivity contribution in [3.63, 3.8) is 0 Å². The average molecular weight is 248 g/mol. The van der Waals surface area contributed by atoms with E-state index in [0.717, 1.165) is 12.3 Å². The van der Waals surface area contributed by atoms with E-state index in [1.807, 2.05) is 0 Å². The molecule has 0 aliphatic carbocycles. The van der Waals surface area contributed by atoms with Crippen LogP contribution in [0.25, 0.3) is 11.5 Å². The van der Waals surface area contributed by atoms with Crippen molar-refractivity contribution in [2.45, 2.75) is 6.18 Å². The van der Waals surface area contributed by atoms with Crippen molar-refractivity contribution in [2.24, 2.45) is 0 Å². The number of pyridine rings is 1. The minimum Gasteiger partial charge on any atom is -0.463 e. The Bertz CT molecular complexity index is 493. The summed E-state index contributed by atoms with van der Waals surface area (Å²) in [6.07, 6.45) is -2.33. The van der Waals surface area contributed by atoms with E-state index < -0.39 is 11.7 Å². The number of alkyl halides is 3. The van der Waals surface area contributed by atoms with Crippen LogP contribution in [0.1, 0.15) is 5.56 Å². The predicted molar refractivity (Wildman–Crippen MR) is 52.0 cm³/mol. The highest BCUT2D eigenvalue weighted by molar-refractivity contribution is 6.32. The van der Waals surface area contributed by atoms with Crippen LogP contribution in [0.2, 0.25) is 5.02 Å². The molecule has 2 aromatic heterocycles. The molecular weight excluding hydrogens is 243 g/mol. The maximum Gasteiger partial charge on any atom is 0.417 e. The van der Waals surface area contributed by atoms with Crippen LogP contribution in [-0.2, 0) is 6.18 Å². The Morgan fingerprint density at radius 1 is 1.31 bits per heavy atom. The molecule has 0 saturated heterocycles. The minimum absolute atomic E-state index is 0.0928. The lowest BCUT2D eigenvalue weighted by Crippen LogP contribution is -2.05. The van der Waals surface area contributed by atoms with Crippen LogP contribution in [0.3, 0.4) is 0 Å². The Morgan fingerprint density at radius 2 is 2.06 bits per heavy atom. The van der Waals surface area contributed by atoms with Gasteiger partial charge in [-0.1, -0.05) is 11.6 Å². The van der Waals surface area contributed by atoms with E-state index in [1.54, 1.807) is 12.1 Å². The van der Waals surface area contributed by atoms with Gasteiger partial charge in [-0.25, -0.2) is 0 Å². The number of hydrogen-bond acceptors (Lipinski definition) is 2. The first-order valence-electron chi connectivity index (χ1n) is 4.25. The molecule has 0 aromatic carbocycles. The lowest BCUT2D eigenvalue weighted by molar-refractivity contribution is -0.137. The van der Waals surface area contributed by atoms with Gasteiger partial charge < -0.3 is 4.42 Å². The zero-order valence-electron chi connectivity index (χ0n) is 7.75. The summed E-state index contributed by atoms with van der Waals surface area (Å²) in [7, 11) is 0. The summed E-state index contributed by atoms with van der Waals surface area (Å²) in [5.74, 6) is 0.332. The fourth-order valence-electron chi connectivity index (χ4n) is 1.19. The van der Waals surface area contributed by atoms with Gasteiger partial charge in [0.05, 0.1) is 16.8 Å². The molecule has 0 saturated carbocycles. The van der Waals surface area contributed by atoms with Crippen LogP contribution in [-0.4, -0.2) is 4.98 Å². The standard InChI is InChI=1S/C10H5ClF3NO/c11-7-4-6(10(12,13)14)5-15-9(7)8-2-1-3-16-8/h1-5H. The topological polar surface area (TPSA) is 26.0 Å². The van der Waals surface area contributed by atoms with Crippen molar-refractivity contribution in [3.05, 3.63) is 41.2 Å². The second-order valence-electron chi connectivity index (χ2n) is 3.03. The molecule has 0 unspecified atom stereocenters. The van der Waals surface area contributed by atoms with Crippen LogP contribution in [0.4, 0.5) is 13.2 Å². The molecule has 0 N–H and O–H groups in total. The molecule has 0 radical (unpaired) electrons. The smallest absolute Gasteiger partial charge is 0.417 e. The number of halogens is 4. The molecule has 84 valence electrons. The number of rotatable bonds is 1. The maximum absolute atomic E-state index is 12.3. The maximum atomic E-state index is 12.3. The summed E-state index contributed by atoms with van der Waals surface area (Å²) in [5, 5.41) is -0.0928. The Hall–Kier alpha value is -1.49. The van der Waals surface area contributed by atoms with Crippen LogP contribution in [0.5, 0.6) is 0 Å². The van der Waals surface area contributed by atoms with E-state index in [1.165, 1.54) is 6.26 Å². The van der Waals surface area contributed by atoms with Gasteiger partial charge in [-0.05, 0) is 18.2 Å². The zero-order chi connectivity index (χ0) is 11.8. The van der Waals surface area contributed by atoms with Gasteiger partial charge in [0.15, 0.2) is 5.76 Å². The third-order valence-corrected chi connectivity index (χ3v) is 2.21. The van der Waals surface area contributed by atoms with E-state index in [2.05, 4.69) is 4.98 Å². The second kappa shape index (κ2) is 3.83. The van der Waals surface area contributed by atoms with Gasteiger partial charge in [0.2, 0.25) is 0 Å². The average Bonchev–Trinajstić information content (AvgIpc) is 2.69. The lowest BCUT2D eigenvalue weighted by atomic mass is 10.2. The fraction of sp³-hybridized carbons (Fsp3) is 0.100. The zero-order valence-corrected chi connectivity index (χ0v) is 8.51. The Labute approximate surface area is 93.7 Å². The molecule has 0 amide bonds. The summed E-state index contributed by atoms with van der Waals surface area (Å²) in [4.78, 5) is 3.64. The van der Waals surface area contributed by atoms with Crippen LogP contribution in [0.15, 0.2) is 35.1 Å². The van der Waals surface area contributed by atoms with Gasteiger partial charge in [0, 0.05) is 6.20 Å². The lowest BCUT2D eigenvalue weighted by Gasteiger charge is -2.07. The molecule has 2 aromatic rings. The minimum atomic E-state index is -4.45. The molecule has 0 atom stereocenters. The predicted octanol–water partition coefficient (Wildman–Crippen LogP) is 4.01. The highest BCUT2D eigenvalue weighted by Gasteiger charge is 2.31. The molecule has 0 bridgehead atoms. The largest absolute Gasteiger partial charge is 0.463 e. The first-order valence-corrected chi connectivity index (χ1v) is 4.63. The quantitative estimate of drug-likeness (QED) is 0.761. The molecular formula is C10H5ClF3NO. The van der Waals surface area contributed by atoms with Crippen LogP contribution in [0, 0.1) is 0 Å². The van der Waals surface area contributed by atoms with Gasteiger partial charge in [-0.3, -0.25) is 4.98 Å². The fourth-order valence-corrected chi connectivity index (χ4v) is 1.45. The summed E-state index contributed by atoms with van der Waals surface area (Å²) in [5.41, 5.74) is -0.688. The molecule has 6 heteroatoms. The van der Waals surface area contributed by atoms with Crippen LogP contribution < -0.4 is 0 Å². The summed E-state index contributed by atoms with van der Waals surface area (Å²) in [6, 6.07) is 4.00. The molecule has 2 nitrogen and oxygen atoms in total. The number of aromatic nitrogens is 1. The third kappa shape index (κ3) is 2.04. The first kappa shape index (κ1) is 11.0. The summed E-state index contributed by atoms with van der Waals surface area (Å²) in [6.45, 7) is 0. The SMILES string of the molecule is FC(F)(F)c1cnc(-c2ccco2)c(Cl)c1. The van der Waals surface area contributed by atoms with E-state index >= 15 is 0 Å². The van der Waals surface area contributed by atoms with Gasteiger partial charge in [-0.15, -0.1) is 0 Å². The molecule has 0 aliphatic heterocycles. The van der Waals surface area contributed by atoms with Crippen molar-refractivity contribution >= 4 is 11.6 Å². The van der Waals surface area contributed by atoms with Gasteiger partial charge in [0.25, 0.3) is 0 Å². The Kier molecular flexibility index (Phi) is 2.63. The first-order chi connectivity index (χ1) is 7.48. The highest BCUT2D eigenvalue weighted by atomic mass is 35.5. The van der Waals surface area contributed by atoms with Gasteiger partial charge in [0.1, 0.15) is 5.69 Å². The van der Waals surface area contributed by atoms with Crippen molar-refractivity contribution in [1.29, 1.82) is 0 Å². The highest BCUT2D eigenvalue weighted by Crippen LogP contribution is 2.33. The Morgan fingerprint density at radius 3 is 2.56 bits per heavy atom. The normalized spacial score (nSPS) is 11.8. The van der Waals surface area contributed by atoms with Crippen molar-refractivity contribution in [1.82, 2.24) is 4.98 Å². The van der Waals surface area contributed by atoms with Crippen molar-refractivity contribution < 1.29 is 17.6 Å². The van der Waals surface area contributed by atoms with Gasteiger partial charge in [-0.2, -0.15) is 13.2 Å².